The normalized spacial score (nSPS) is 11.0. The number of halogens is 4. The van der Waals surface area contributed by atoms with Crippen LogP contribution in [0.4, 0.5) is 5.69 Å². The standard InChI is InChI=1S/C6H2Cl4N2/c7-4-1-3(11-12-10)2-5(8)6(4)9/h1-2H. The molecule has 2 nitrogen and oxygen atoms in total. The molecule has 0 spiro atoms. The fourth-order valence-corrected chi connectivity index (χ4v) is 1.32. The Morgan fingerprint density at radius 1 is 1.00 bits per heavy atom. The molecule has 1 aromatic carbocycles. The van der Waals surface area contributed by atoms with Crippen LogP contribution in [0.5, 0.6) is 0 Å². The summed E-state index contributed by atoms with van der Waals surface area (Å²) in [4.78, 5) is 0. The average Bonchev–Trinajstić information content (AvgIpc) is 2.01. The summed E-state index contributed by atoms with van der Waals surface area (Å²) in [6.45, 7) is 0. The van der Waals surface area contributed by atoms with Crippen molar-refractivity contribution in [1.82, 2.24) is 0 Å². The van der Waals surface area contributed by atoms with Crippen LogP contribution < -0.4 is 0 Å². The number of benzene rings is 1. The topological polar surface area (TPSA) is 24.7 Å². The highest BCUT2D eigenvalue weighted by Crippen LogP contribution is 2.34. The predicted molar refractivity (Wildman–Crippen MR) is 51.8 cm³/mol. The zero-order chi connectivity index (χ0) is 9.14. The van der Waals surface area contributed by atoms with Crippen LogP contribution in [-0.4, -0.2) is 0 Å². The van der Waals surface area contributed by atoms with Gasteiger partial charge in [0.1, 0.15) is 0 Å². The number of hydrogen-bond acceptors (Lipinski definition) is 2. The first-order valence-corrected chi connectivity index (χ1v) is 4.29. The highest BCUT2D eigenvalue weighted by Gasteiger charge is 2.04. The van der Waals surface area contributed by atoms with Crippen molar-refractivity contribution < 1.29 is 0 Å². The molecule has 0 amide bonds. The second-order valence-corrected chi connectivity index (χ2v) is 3.24. The molecule has 6 heteroatoms. The zero-order valence-corrected chi connectivity index (χ0v) is 8.58. The molecular formula is C6H2Cl4N2. The molecular weight excluding hydrogens is 242 g/mol. The van der Waals surface area contributed by atoms with Gasteiger partial charge in [-0.2, -0.15) is 0 Å². The van der Waals surface area contributed by atoms with Gasteiger partial charge in [-0.15, -0.1) is 5.11 Å². The fraction of sp³-hybridized carbons (Fsp3) is 0. The fourth-order valence-electron chi connectivity index (χ4n) is 0.644. The largest absolute Gasteiger partial charge is 0.138 e. The van der Waals surface area contributed by atoms with Crippen molar-refractivity contribution in [3.05, 3.63) is 27.2 Å². The molecule has 0 unspecified atom stereocenters. The van der Waals surface area contributed by atoms with Crippen LogP contribution in [0.2, 0.25) is 15.1 Å². The maximum absolute atomic E-state index is 5.69. The minimum Gasteiger partial charge on any atom is -0.138 e. The summed E-state index contributed by atoms with van der Waals surface area (Å²) in [5.74, 6) is 0. The van der Waals surface area contributed by atoms with E-state index in [0.29, 0.717) is 20.8 Å². The molecule has 0 aliphatic carbocycles. The van der Waals surface area contributed by atoms with Crippen LogP contribution in [0.15, 0.2) is 21.9 Å². The third-order valence-electron chi connectivity index (χ3n) is 1.12. The van der Waals surface area contributed by atoms with Crippen molar-refractivity contribution in [2.75, 3.05) is 0 Å². The second kappa shape index (κ2) is 4.28. The average molecular weight is 244 g/mol. The summed E-state index contributed by atoms with van der Waals surface area (Å²) in [6.07, 6.45) is 0. The van der Waals surface area contributed by atoms with E-state index in [9.17, 15) is 0 Å². The van der Waals surface area contributed by atoms with E-state index in [4.69, 9.17) is 46.6 Å². The van der Waals surface area contributed by atoms with Gasteiger partial charge in [0.05, 0.1) is 32.5 Å². The van der Waals surface area contributed by atoms with Crippen molar-refractivity contribution in [1.29, 1.82) is 0 Å². The van der Waals surface area contributed by atoms with Crippen LogP contribution in [0.3, 0.4) is 0 Å². The molecule has 0 fully saturated rings. The Kier molecular flexibility index (Phi) is 3.59. The first-order chi connectivity index (χ1) is 5.65. The van der Waals surface area contributed by atoms with E-state index in [1.54, 1.807) is 0 Å². The Morgan fingerprint density at radius 2 is 1.50 bits per heavy atom. The molecule has 12 heavy (non-hydrogen) atoms. The molecule has 0 atom stereocenters. The van der Waals surface area contributed by atoms with Gasteiger partial charge in [-0.1, -0.05) is 39.4 Å². The highest BCUT2D eigenvalue weighted by atomic mass is 35.5. The van der Waals surface area contributed by atoms with E-state index in [0.717, 1.165) is 0 Å². The summed E-state index contributed by atoms with van der Waals surface area (Å²) in [5, 5.41) is 4.48. The van der Waals surface area contributed by atoms with E-state index in [-0.39, 0.29) is 0 Å². The Hall–Kier alpha value is -0.0200. The molecule has 0 aliphatic heterocycles. The van der Waals surface area contributed by atoms with Gasteiger partial charge in [-0.25, -0.2) is 0 Å². The lowest BCUT2D eigenvalue weighted by molar-refractivity contribution is 1.33. The van der Waals surface area contributed by atoms with Crippen LogP contribution >= 0.6 is 46.6 Å². The zero-order valence-electron chi connectivity index (χ0n) is 5.56. The van der Waals surface area contributed by atoms with Gasteiger partial charge in [0.2, 0.25) is 0 Å². The summed E-state index contributed by atoms with van der Waals surface area (Å²) >= 11 is 22.1. The maximum Gasteiger partial charge on any atom is 0.0898 e. The first kappa shape index (κ1) is 10.1. The summed E-state index contributed by atoms with van der Waals surface area (Å²) in [7, 11) is 0. The third kappa shape index (κ3) is 2.23. The van der Waals surface area contributed by atoms with Gasteiger partial charge >= 0.3 is 0 Å². The maximum atomic E-state index is 5.69. The summed E-state index contributed by atoms with van der Waals surface area (Å²) < 4.78 is 3.05. The molecule has 0 radical (unpaired) electrons. The second-order valence-electron chi connectivity index (χ2n) is 1.90. The van der Waals surface area contributed by atoms with Crippen molar-refractivity contribution >= 4 is 52.3 Å². The van der Waals surface area contributed by atoms with Crippen LogP contribution in [0, 0.1) is 0 Å². The summed E-state index contributed by atoms with van der Waals surface area (Å²) in [6, 6.07) is 3.03. The Labute approximate surface area is 89.2 Å². The van der Waals surface area contributed by atoms with E-state index in [2.05, 4.69) is 9.75 Å². The lowest BCUT2D eigenvalue weighted by atomic mass is 10.3. The van der Waals surface area contributed by atoms with Crippen molar-refractivity contribution in [3.63, 3.8) is 0 Å². The third-order valence-corrected chi connectivity index (χ3v) is 2.39. The number of nitrogens with zero attached hydrogens (tertiary/aromatic N) is 2. The quantitative estimate of drug-likeness (QED) is 0.496. The summed E-state index contributed by atoms with van der Waals surface area (Å²) in [5.41, 5.74) is 0.462. The predicted octanol–water partition coefficient (Wildman–Crippen LogP) is 4.88. The minimum absolute atomic E-state index is 0.298. The highest BCUT2D eigenvalue weighted by molar-refractivity contribution is 6.48. The van der Waals surface area contributed by atoms with Gasteiger partial charge < -0.3 is 0 Å². The van der Waals surface area contributed by atoms with E-state index >= 15 is 0 Å². The Bertz CT molecular complexity index is 300. The van der Waals surface area contributed by atoms with Crippen LogP contribution in [0.25, 0.3) is 0 Å². The molecule has 1 rings (SSSR count). The molecule has 0 saturated heterocycles. The number of rotatable bonds is 1. The van der Waals surface area contributed by atoms with E-state index < -0.39 is 0 Å². The van der Waals surface area contributed by atoms with Crippen LogP contribution in [0.1, 0.15) is 0 Å². The lowest BCUT2D eigenvalue weighted by Crippen LogP contribution is -1.71. The first-order valence-electron chi connectivity index (χ1n) is 2.81. The van der Waals surface area contributed by atoms with Crippen LogP contribution in [-0.2, 0) is 0 Å². The molecule has 0 N–H and O–H groups in total. The molecule has 64 valence electrons. The molecule has 0 heterocycles. The van der Waals surface area contributed by atoms with E-state index in [1.165, 1.54) is 12.1 Å². The smallest absolute Gasteiger partial charge is 0.0898 e. The van der Waals surface area contributed by atoms with Gasteiger partial charge in [-0.3, -0.25) is 0 Å². The van der Waals surface area contributed by atoms with Gasteiger partial charge in [0.15, 0.2) is 0 Å². The molecule has 1 aromatic rings. The lowest BCUT2D eigenvalue weighted by Gasteiger charge is -1.98. The van der Waals surface area contributed by atoms with Gasteiger partial charge in [0, 0.05) is 0 Å². The number of hydrogen-bond donors (Lipinski definition) is 0. The molecule has 0 aliphatic rings. The SMILES string of the molecule is ClN=Nc1cc(Cl)c(Cl)c(Cl)c1. The minimum atomic E-state index is 0.298. The Balaban J connectivity index is 3.21. The van der Waals surface area contributed by atoms with Gasteiger partial charge in [0.25, 0.3) is 0 Å². The van der Waals surface area contributed by atoms with Crippen molar-refractivity contribution in [2.24, 2.45) is 9.75 Å². The molecule has 0 bridgehead atoms. The Morgan fingerprint density at radius 3 is 1.92 bits per heavy atom. The van der Waals surface area contributed by atoms with Crippen molar-refractivity contribution in [2.45, 2.75) is 0 Å². The van der Waals surface area contributed by atoms with E-state index in [1.807, 2.05) is 0 Å². The van der Waals surface area contributed by atoms with Gasteiger partial charge in [-0.05, 0) is 12.1 Å². The monoisotopic (exact) mass is 242 g/mol. The van der Waals surface area contributed by atoms with Crippen molar-refractivity contribution in [3.8, 4) is 0 Å². The molecule has 0 aromatic heterocycles. The molecule has 0 saturated carbocycles.